The average molecular weight is 563 g/mol. The van der Waals surface area contributed by atoms with Crippen molar-refractivity contribution in [3.8, 4) is 22.3 Å². The quantitative estimate of drug-likeness (QED) is 0.177. The number of fused-ring (bicyclic) bond motifs is 1. The molecule has 5 aromatic rings. The predicted octanol–water partition coefficient (Wildman–Crippen LogP) is 9.23. The van der Waals surface area contributed by atoms with E-state index in [4.69, 9.17) is 0 Å². The summed E-state index contributed by atoms with van der Waals surface area (Å²) in [5, 5.41) is 7.21. The Morgan fingerprint density at radius 1 is 0.488 bits per heavy atom. The predicted molar refractivity (Wildman–Crippen MR) is 184 cm³/mol. The molecule has 0 fully saturated rings. The summed E-state index contributed by atoms with van der Waals surface area (Å²) in [6.07, 6.45) is 1.98. The van der Waals surface area contributed by atoms with Gasteiger partial charge in [-0.3, -0.25) is 0 Å². The molecule has 5 aromatic carbocycles. The summed E-state index contributed by atoms with van der Waals surface area (Å²) < 4.78 is 0. The standard InChI is InChI=1S/C41H42N2/c1-29(42-3)27-41(28-30(2)43-4)36-26-25-35(31-17-9-5-10-18-31)37(32-19-11-6-12-20-32)39(36)38(33-21-13-7-14-22-33)40(41)34-23-15-8-16-24-34/h5-26,29-30,42-43H,27-28H2,1-4H3. The summed E-state index contributed by atoms with van der Waals surface area (Å²) >= 11 is 0. The summed E-state index contributed by atoms with van der Waals surface area (Å²) in [6, 6.07) is 49.6. The highest BCUT2D eigenvalue weighted by atomic mass is 14.9. The monoisotopic (exact) mass is 562 g/mol. The lowest BCUT2D eigenvalue weighted by Gasteiger charge is -2.39. The fourth-order valence-corrected chi connectivity index (χ4v) is 7.20. The van der Waals surface area contributed by atoms with Gasteiger partial charge in [-0.05, 0) is 96.4 Å². The van der Waals surface area contributed by atoms with E-state index < -0.39 is 0 Å². The second-order valence-electron chi connectivity index (χ2n) is 12.0. The van der Waals surface area contributed by atoms with Gasteiger partial charge in [0.15, 0.2) is 0 Å². The normalized spacial score (nSPS) is 17.5. The second-order valence-corrected chi connectivity index (χ2v) is 12.0. The van der Waals surface area contributed by atoms with Crippen LogP contribution in [0.3, 0.4) is 0 Å². The molecule has 0 amide bonds. The maximum Gasteiger partial charge on any atom is 0.0250 e. The molecule has 6 rings (SSSR count). The highest BCUT2D eigenvalue weighted by molar-refractivity contribution is 6.12. The van der Waals surface area contributed by atoms with Gasteiger partial charge < -0.3 is 10.6 Å². The molecule has 2 unspecified atom stereocenters. The van der Waals surface area contributed by atoms with Gasteiger partial charge in [0, 0.05) is 17.5 Å². The molecular weight excluding hydrogens is 520 g/mol. The third kappa shape index (κ3) is 5.38. The van der Waals surface area contributed by atoms with E-state index in [1.807, 2.05) is 0 Å². The number of nitrogens with one attached hydrogen (secondary N) is 2. The first-order chi connectivity index (χ1) is 21.1. The molecule has 0 aromatic heterocycles. The summed E-state index contributed by atoms with van der Waals surface area (Å²) in [4.78, 5) is 0. The van der Waals surface area contributed by atoms with Crippen molar-refractivity contribution >= 4 is 11.1 Å². The van der Waals surface area contributed by atoms with Crippen molar-refractivity contribution in [2.45, 2.75) is 44.2 Å². The summed E-state index contributed by atoms with van der Waals surface area (Å²) in [5.74, 6) is 0. The van der Waals surface area contributed by atoms with Crippen molar-refractivity contribution in [1.29, 1.82) is 0 Å². The number of hydrogen-bond acceptors (Lipinski definition) is 2. The van der Waals surface area contributed by atoms with Crippen LogP contribution in [0.25, 0.3) is 33.4 Å². The molecule has 2 nitrogen and oxygen atoms in total. The Hall–Kier alpha value is -4.24. The van der Waals surface area contributed by atoms with Crippen LogP contribution in [0.2, 0.25) is 0 Å². The molecule has 1 aliphatic rings. The van der Waals surface area contributed by atoms with Crippen LogP contribution < -0.4 is 10.6 Å². The SMILES string of the molecule is CNC(C)CC1(CC(C)NC)C(c2ccccc2)=C(c2ccccc2)c2c1ccc(-c1ccccc1)c2-c1ccccc1. The van der Waals surface area contributed by atoms with Gasteiger partial charge in [0.2, 0.25) is 0 Å². The van der Waals surface area contributed by atoms with Gasteiger partial charge in [-0.25, -0.2) is 0 Å². The second kappa shape index (κ2) is 12.6. The van der Waals surface area contributed by atoms with Crippen LogP contribution in [0.15, 0.2) is 133 Å². The van der Waals surface area contributed by atoms with Crippen LogP contribution >= 0.6 is 0 Å². The van der Waals surface area contributed by atoms with E-state index in [1.54, 1.807) is 0 Å². The van der Waals surface area contributed by atoms with Crippen LogP contribution in [-0.4, -0.2) is 26.2 Å². The molecule has 0 spiro atoms. The molecule has 0 saturated carbocycles. The van der Waals surface area contributed by atoms with E-state index in [9.17, 15) is 0 Å². The van der Waals surface area contributed by atoms with Gasteiger partial charge in [-0.1, -0.05) is 133 Å². The first-order valence-electron chi connectivity index (χ1n) is 15.6. The Morgan fingerprint density at radius 2 is 0.930 bits per heavy atom. The zero-order valence-electron chi connectivity index (χ0n) is 25.8. The number of hydrogen-bond donors (Lipinski definition) is 2. The highest BCUT2D eigenvalue weighted by Crippen LogP contribution is 2.60. The fraction of sp³-hybridized carbons (Fsp3) is 0.220. The Balaban J connectivity index is 1.82. The lowest BCUT2D eigenvalue weighted by atomic mass is 9.66. The van der Waals surface area contributed by atoms with Crippen molar-refractivity contribution in [1.82, 2.24) is 10.6 Å². The number of benzene rings is 5. The molecule has 0 aliphatic heterocycles. The van der Waals surface area contributed by atoms with Gasteiger partial charge >= 0.3 is 0 Å². The number of allylic oxidation sites excluding steroid dienone is 1. The topological polar surface area (TPSA) is 24.1 Å². The maximum absolute atomic E-state index is 3.61. The Labute approximate surface area is 257 Å². The minimum absolute atomic E-state index is 0.217. The zero-order valence-corrected chi connectivity index (χ0v) is 25.8. The smallest absolute Gasteiger partial charge is 0.0250 e. The third-order valence-electron chi connectivity index (χ3n) is 9.27. The van der Waals surface area contributed by atoms with Crippen molar-refractivity contribution < 1.29 is 0 Å². The van der Waals surface area contributed by atoms with E-state index in [0.29, 0.717) is 12.1 Å². The highest BCUT2D eigenvalue weighted by Gasteiger charge is 2.48. The molecular formula is C41H42N2. The first-order valence-corrected chi connectivity index (χ1v) is 15.6. The van der Waals surface area contributed by atoms with Gasteiger partial charge in [0.1, 0.15) is 0 Å². The minimum atomic E-state index is -0.217. The summed E-state index contributed by atoms with van der Waals surface area (Å²) in [6.45, 7) is 4.65. The first kappa shape index (κ1) is 28.9. The van der Waals surface area contributed by atoms with E-state index in [2.05, 4.69) is 172 Å². The van der Waals surface area contributed by atoms with E-state index in [0.717, 1.165) is 12.8 Å². The zero-order chi connectivity index (χ0) is 29.8. The molecule has 0 saturated heterocycles. The van der Waals surface area contributed by atoms with E-state index >= 15 is 0 Å². The van der Waals surface area contributed by atoms with Crippen LogP contribution in [0.4, 0.5) is 0 Å². The van der Waals surface area contributed by atoms with Gasteiger partial charge in [-0.15, -0.1) is 0 Å². The molecule has 0 heterocycles. The molecule has 1 aliphatic carbocycles. The van der Waals surface area contributed by atoms with Crippen LogP contribution in [0.5, 0.6) is 0 Å². The van der Waals surface area contributed by atoms with E-state index in [-0.39, 0.29) is 5.41 Å². The third-order valence-corrected chi connectivity index (χ3v) is 9.27. The lowest BCUT2D eigenvalue weighted by molar-refractivity contribution is 0.367. The molecule has 43 heavy (non-hydrogen) atoms. The van der Waals surface area contributed by atoms with Crippen molar-refractivity contribution in [2.75, 3.05) is 14.1 Å². The molecule has 2 atom stereocenters. The van der Waals surface area contributed by atoms with Crippen LogP contribution in [0.1, 0.15) is 48.9 Å². The fourth-order valence-electron chi connectivity index (χ4n) is 7.20. The Bertz CT molecular complexity index is 1680. The maximum atomic E-state index is 3.61. The molecule has 216 valence electrons. The molecule has 0 radical (unpaired) electrons. The van der Waals surface area contributed by atoms with Crippen LogP contribution in [0, 0.1) is 0 Å². The van der Waals surface area contributed by atoms with Gasteiger partial charge in [0.25, 0.3) is 0 Å². The molecule has 2 N–H and O–H groups in total. The summed E-state index contributed by atoms with van der Waals surface area (Å²) in [5.41, 5.74) is 13.0. The lowest BCUT2D eigenvalue weighted by Crippen LogP contribution is -2.40. The van der Waals surface area contributed by atoms with Crippen LogP contribution in [-0.2, 0) is 5.41 Å². The number of rotatable bonds is 10. The Morgan fingerprint density at radius 3 is 1.42 bits per heavy atom. The van der Waals surface area contributed by atoms with Gasteiger partial charge in [0.05, 0.1) is 0 Å². The van der Waals surface area contributed by atoms with Crippen molar-refractivity contribution in [3.05, 3.63) is 156 Å². The molecule has 0 bridgehead atoms. The molecule has 2 heteroatoms. The van der Waals surface area contributed by atoms with Crippen molar-refractivity contribution in [3.63, 3.8) is 0 Å². The Kier molecular flexibility index (Phi) is 8.42. The van der Waals surface area contributed by atoms with E-state index in [1.165, 1.54) is 55.7 Å². The van der Waals surface area contributed by atoms with Gasteiger partial charge in [-0.2, -0.15) is 0 Å². The summed E-state index contributed by atoms with van der Waals surface area (Å²) in [7, 11) is 4.18. The average Bonchev–Trinajstić information content (AvgIpc) is 3.35. The minimum Gasteiger partial charge on any atom is -0.317 e. The van der Waals surface area contributed by atoms with Crippen molar-refractivity contribution in [2.24, 2.45) is 0 Å². The largest absolute Gasteiger partial charge is 0.317 e.